The molecule has 0 spiro atoms. The number of halogens is 1. The second kappa shape index (κ2) is 10.3. The third kappa shape index (κ3) is 5.66. The van der Waals surface area contributed by atoms with Gasteiger partial charge in [-0.05, 0) is 49.6 Å². The smallest absolute Gasteiger partial charge is 0.265 e. The average Bonchev–Trinajstić information content (AvgIpc) is 3.27. The molecule has 2 aromatic heterocycles. The van der Waals surface area contributed by atoms with E-state index in [4.69, 9.17) is 15.1 Å². The molecule has 7 heteroatoms. The molecule has 2 N–H and O–H groups in total. The summed E-state index contributed by atoms with van der Waals surface area (Å²) in [6.45, 7) is 7.93. The molecule has 34 heavy (non-hydrogen) atoms. The van der Waals surface area contributed by atoms with E-state index in [1.165, 1.54) is 11.8 Å². The standard InChI is InChI=1S/C27H31BrN4O2/c1-4-23(31(18-27(2,3)29)16-20-10-12-21(28)13-11-20)24-30-25-22(14-15-34-25)26(33)32(24)17-19-8-6-5-7-9-19/h5-15,23H,4,16-18,29H2,1-3H3. The number of nitrogens with two attached hydrogens (primary N) is 1. The van der Waals surface area contributed by atoms with E-state index in [1.54, 1.807) is 10.6 Å². The Hall–Kier alpha value is -2.74. The molecule has 0 aliphatic carbocycles. The SMILES string of the molecule is CCC(c1nc2occc2c(=O)n1Cc1ccccc1)N(Cc1ccc(Br)cc1)CC(C)(C)N. The van der Waals surface area contributed by atoms with Gasteiger partial charge in [-0.1, -0.05) is 65.3 Å². The molecule has 0 fully saturated rings. The molecule has 0 saturated heterocycles. The lowest BCUT2D eigenvalue weighted by Crippen LogP contribution is -2.47. The lowest BCUT2D eigenvalue weighted by atomic mass is 10.0. The van der Waals surface area contributed by atoms with Gasteiger partial charge in [-0.2, -0.15) is 4.98 Å². The predicted molar refractivity (Wildman–Crippen MR) is 140 cm³/mol. The largest absolute Gasteiger partial charge is 0.446 e. The molecular weight excluding hydrogens is 492 g/mol. The molecule has 2 heterocycles. The Kier molecular flexibility index (Phi) is 7.36. The first kappa shape index (κ1) is 24.4. The lowest BCUT2D eigenvalue weighted by Gasteiger charge is -2.36. The van der Waals surface area contributed by atoms with Crippen LogP contribution in [0.4, 0.5) is 0 Å². The Bertz CT molecular complexity index is 1290. The van der Waals surface area contributed by atoms with E-state index in [2.05, 4.69) is 39.9 Å². The van der Waals surface area contributed by atoms with Crippen molar-refractivity contribution in [3.63, 3.8) is 0 Å². The van der Waals surface area contributed by atoms with Crippen LogP contribution in [-0.4, -0.2) is 26.5 Å². The number of benzene rings is 2. The Balaban J connectivity index is 1.82. The summed E-state index contributed by atoms with van der Waals surface area (Å²) in [5, 5.41) is 0.494. The zero-order valence-electron chi connectivity index (χ0n) is 19.9. The van der Waals surface area contributed by atoms with Gasteiger partial charge in [0, 0.05) is 23.1 Å². The van der Waals surface area contributed by atoms with Crippen LogP contribution in [0.1, 0.15) is 50.2 Å². The summed E-state index contributed by atoms with van der Waals surface area (Å²) in [7, 11) is 0. The van der Waals surface area contributed by atoms with Crippen LogP contribution < -0.4 is 11.3 Å². The maximum atomic E-state index is 13.6. The first-order chi connectivity index (χ1) is 16.2. The topological polar surface area (TPSA) is 77.3 Å². The van der Waals surface area contributed by atoms with Crippen molar-refractivity contribution in [1.82, 2.24) is 14.5 Å². The lowest BCUT2D eigenvalue weighted by molar-refractivity contribution is 0.140. The van der Waals surface area contributed by atoms with Crippen LogP contribution in [0.3, 0.4) is 0 Å². The van der Waals surface area contributed by atoms with E-state index < -0.39 is 5.54 Å². The molecule has 178 valence electrons. The Morgan fingerprint density at radius 2 is 1.79 bits per heavy atom. The molecule has 4 rings (SSSR count). The molecular formula is C27H31BrN4O2. The van der Waals surface area contributed by atoms with Crippen LogP contribution in [0.5, 0.6) is 0 Å². The predicted octanol–water partition coefficient (Wildman–Crippen LogP) is 5.49. The van der Waals surface area contributed by atoms with Gasteiger partial charge >= 0.3 is 0 Å². The summed E-state index contributed by atoms with van der Waals surface area (Å²) in [4.78, 5) is 20.8. The van der Waals surface area contributed by atoms with Gasteiger partial charge in [0.15, 0.2) is 0 Å². The summed E-state index contributed by atoms with van der Waals surface area (Å²) in [5.41, 5.74) is 8.56. The van der Waals surface area contributed by atoms with Gasteiger partial charge in [0.1, 0.15) is 11.2 Å². The second-order valence-electron chi connectivity index (χ2n) is 9.43. The maximum Gasteiger partial charge on any atom is 0.265 e. The highest BCUT2D eigenvalue weighted by molar-refractivity contribution is 9.10. The summed E-state index contributed by atoms with van der Waals surface area (Å²) in [6.07, 6.45) is 2.29. The highest BCUT2D eigenvalue weighted by atomic mass is 79.9. The molecule has 4 aromatic rings. The van der Waals surface area contributed by atoms with Crippen LogP contribution in [0, 0.1) is 0 Å². The number of aromatic nitrogens is 2. The van der Waals surface area contributed by atoms with E-state index in [0.717, 1.165) is 16.5 Å². The number of furan rings is 1. The fourth-order valence-corrected chi connectivity index (χ4v) is 4.63. The molecule has 0 aliphatic rings. The van der Waals surface area contributed by atoms with Gasteiger partial charge in [0.25, 0.3) is 5.56 Å². The normalized spacial score (nSPS) is 13.0. The van der Waals surface area contributed by atoms with Crippen molar-refractivity contribution < 1.29 is 4.42 Å². The molecule has 0 radical (unpaired) electrons. The number of rotatable bonds is 9. The summed E-state index contributed by atoms with van der Waals surface area (Å²) >= 11 is 3.52. The maximum absolute atomic E-state index is 13.6. The molecule has 0 saturated carbocycles. The average molecular weight is 523 g/mol. The highest BCUT2D eigenvalue weighted by Crippen LogP contribution is 2.28. The second-order valence-corrected chi connectivity index (χ2v) is 10.3. The number of nitrogens with zero attached hydrogens (tertiary/aromatic N) is 3. The van der Waals surface area contributed by atoms with Gasteiger partial charge in [0.05, 0.1) is 18.8 Å². The molecule has 0 bridgehead atoms. The van der Waals surface area contributed by atoms with E-state index in [-0.39, 0.29) is 11.6 Å². The summed E-state index contributed by atoms with van der Waals surface area (Å²) in [6, 6.07) is 19.9. The first-order valence-electron chi connectivity index (χ1n) is 11.5. The number of hydrogen-bond acceptors (Lipinski definition) is 5. The van der Waals surface area contributed by atoms with E-state index in [9.17, 15) is 4.79 Å². The van der Waals surface area contributed by atoms with E-state index >= 15 is 0 Å². The van der Waals surface area contributed by atoms with E-state index in [0.29, 0.717) is 36.6 Å². The van der Waals surface area contributed by atoms with Gasteiger partial charge in [-0.15, -0.1) is 0 Å². The minimum absolute atomic E-state index is 0.0911. The minimum Gasteiger partial charge on any atom is -0.446 e. The van der Waals surface area contributed by atoms with E-state index in [1.807, 2.05) is 56.3 Å². The summed E-state index contributed by atoms with van der Waals surface area (Å²) in [5.74, 6) is 0.695. The molecule has 1 unspecified atom stereocenters. The third-order valence-corrected chi connectivity index (χ3v) is 6.36. The van der Waals surface area contributed by atoms with Crippen molar-refractivity contribution in [2.24, 2.45) is 5.73 Å². The van der Waals surface area contributed by atoms with Crippen molar-refractivity contribution in [1.29, 1.82) is 0 Å². The van der Waals surface area contributed by atoms with Gasteiger partial charge in [-0.3, -0.25) is 14.3 Å². The molecule has 0 aliphatic heterocycles. The highest BCUT2D eigenvalue weighted by Gasteiger charge is 2.29. The fraction of sp³-hybridized carbons (Fsp3) is 0.333. The molecule has 0 amide bonds. The summed E-state index contributed by atoms with van der Waals surface area (Å²) < 4.78 is 8.41. The zero-order chi connectivity index (χ0) is 24.3. The van der Waals surface area contributed by atoms with Crippen molar-refractivity contribution in [3.05, 3.63) is 98.7 Å². The quantitative estimate of drug-likeness (QED) is 0.314. The first-order valence-corrected chi connectivity index (χ1v) is 12.3. The third-order valence-electron chi connectivity index (χ3n) is 5.83. The Labute approximate surface area is 208 Å². The zero-order valence-corrected chi connectivity index (χ0v) is 21.5. The Morgan fingerprint density at radius 3 is 2.44 bits per heavy atom. The van der Waals surface area contributed by atoms with Crippen molar-refractivity contribution in [2.45, 2.75) is 51.9 Å². The molecule has 1 atom stereocenters. The van der Waals surface area contributed by atoms with Gasteiger partial charge < -0.3 is 10.2 Å². The van der Waals surface area contributed by atoms with Gasteiger partial charge in [0.2, 0.25) is 5.71 Å². The van der Waals surface area contributed by atoms with Crippen LogP contribution in [0.2, 0.25) is 0 Å². The van der Waals surface area contributed by atoms with Crippen LogP contribution >= 0.6 is 15.9 Å². The van der Waals surface area contributed by atoms with Gasteiger partial charge in [-0.25, -0.2) is 0 Å². The Morgan fingerprint density at radius 1 is 1.09 bits per heavy atom. The van der Waals surface area contributed by atoms with Crippen molar-refractivity contribution in [2.75, 3.05) is 6.54 Å². The van der Waals surface area contributed by atoms with Crippen molar-refractivity contribution >= 4 is 27.0 Å². The molecule has 2 aromatic carbocycles. The monoisotopic (exact) mass is 522 g/mol. The van der Waals surface area contributed by atoms with Crippen LogP contribution in [-0.2, 0) is 13.1 Å². The van der Waals surface area contributed by atoms with Crippen LogP contribution in [0.15, 0.2) is 80.6 Å². The van der Waals surface area contributed by atoms with Crippen LogP contribution in [0.25, 0.3) is 11.1 Å². The molecule has 6 nitrogen and oxygen atoms in total. The number of fused-ring (bicyclic) bond motifs is 1. The minimum atomic E-state index is -0.428. The fourth-order valence-electron chi connectivity index (χ4n) is 4.37. The van der Waals surface area contributed by atoms with Crippen molar-refractivity contribution in [3.8, 4) is 0 Å². The number of hydrogen-bond donors (Lipinski definition) is 1.